The van der Waals surface area contributed by atoms with Crippen molar-refractivity contribution in [2.45, 2.75) is 0 Å². The lowest BCUT2D eigenvalue weighted by atomic mass is 10.3. The third kappa shape index (κ3) is 4.49. The predicted octanol–water partition coefficient (Wildman–Crippen LogP) is 4.51. The van der Waals surface area contributed by atoms with Crippen molar-refractivity contribution in [2.24, 2.45) is 0 Å². The zero-order valence-electron chi connectivity index (χ0n) is 9.61. The van der Waals surface area contributed by atoms with Crippen molar-refractivity contribution in [2.75, 3.05) is 13.2 Å². The molecule has 4 heteroatoms. The summed E-state index contributed by atoms with van der Waals surface area (Å²) in [4.78, 5) is 0. The second kappa shape index (κ2) is 6.99. The van der Waals surface area contributed by atoms with Crippen LogP contribution in [0.5, 0.6) is 11.5 Å². The largest absolute Gasteiger partial charge is 0.490 e. The third-order valence-corrected chi connectivity index (χ3v) is 3.38. The minimum atomic E-state index is 0.530. The van der Waals surface area contributed by atoms with Gasteiger partial charge in [0, 0.05) is 8.04 Å². The van der Waals surface area contributed by atoms with E-state index >= 15 is 0 Å². The molecule has 0 amide bonds. The van der Waals surface area contributed by atoms with E-state index < -0.39 is 0 Å². The monoisotopic (exact) mass is 418 g/mol. The lowest BCUT2D eigenvalue weighted by Gasteiger charge is -2.08. The summed E-state index contributed by atoms with van der Waals surface area (Å²) in [5.41, 5.74) is 0. The Balaban J connectivity index is 1.76. The molecule has 0 atom stereocenters. The van der Waals surface area contributed by atoms with Gasteiger partial charge in [0.05, 0.1) is 0 Å². The topological polar surface area (TPSA) is 18.5 Å². The van der Waals surface area contributed by atoms with Gasteiger partial charge in [-0.1, -0.05) is 28.1 Å². The Labute approximate surface area is 129 Å². The lowest BCUT2D eigenvalue weighted by Crippen LogP contribution is -2.08. The van der Waals surface area contributed by atoms with Gasteiger partial charge in [-0.05, 0) is 59.0 Å². The Hall–Kier alpha value is -0.750. The summed E-state index contributed by atoms with van der Waals surface area (Å²) in [6.07, 6.45) is 0. The molecule has 2 rings (SSSR count). The first kappa shape index (κ1) is 13.7. The maximum Gasteiger partial charge on any atom is 0.122 e. The molecule has 2 aromatic rings. The first-order valence-electron chi connectivity index (χ1n) is 5.51. The number of benzene rings is 2. The van der Waals surface area contributed by atoms with E-state index in [0.717, 1.165) is 19.5 Å². The molecule has 0 aliphatic rings. The molecule has 0 saturated heterocycles. The fourth-order valence-electron chi connectivity index (χ4n) is 1.43. The van der Waals surface area contributed by atoms with Crippen LogP contribution in [0.15, 0.2) is 53.0 Å². The van der Waals surface area contributed by atoms with E-state index in [1.165, 1.54) is 0 Å². The van der Waals surface area contributed by atoms with Crippen molar-refractivity contribution in [3.05, 3.63) is 56.6 Å². The van der Waals surface area contributed by atoms with Gasteiger partial charge in [0.15, 0.2) is 0 Å². The summed E-state index contributed by atoms with van der Waals surface area (Å²) in [5, 5.41) is 0. The van der Waals surface area contributed by atoms with Gasteiger partial charge in [0.2, 0.25) is 0 Å². The Bertz CT molecular complexity index is 469. The van der Waals surface area contributed by atoms with Crippen LogP contribution in [0.25, 0.3) is 0 Å². The highest BCUT2D eigenvalue weighted by Gasteiger charge is 1.97. The number of halogens is 2. The van der Waals surface area contributed by atoms with Crippen molar-refractivity contribution < 1.29 is 9.47 Å². The molecule has 0 heterocycles. The third-order valence-electron chi connectivity index (χ3n) is 2.21. The maximum atomic E-state index is 5.60. The van der Waals surface area contributed by atoms with Crippen molar-refractivity contribution in [1.82, 2.24) is 0 Å². The highest BCUT2D eigenvalue weighted by atomic mass is 127. The first-order chi connectivity index (χ1) is 8.74. The van der Waals surface area contributed by atoms with E-state index in [0.29, 0.717) is 13.2 Å². The van der Waals surface area contributed by atoms with Crippen LogP contribution in [0.3, 0.4) is 0 Å². The van der Waals surface area contributed by atoms with Crippen LogP contribution >= 0.6 is 38.5 Å². The highest BCUT2D eigenvalue weighted by molar-refractivity contribution is 14.1. The van der Waals surface area contributed by atoms with E-state index in [4.69, 9.17) is 9.47 Å². The Kier molecular flexibility index (Phi) is 5.31. The van der Waals surface area contributed by atoms with E-state index in [2.05, 4.69) is 38.5 Å². The van der Waals surface area contributed by atoms with Gasteiger partial charge in [-0.15, -0.1) is 0 Å². The first-order valence-corrected chi connectivity index (χ1v) is 7.38. The highest BCUT2D eigenvalue weighted by Crippen LogP contribution is 2.18. The van der Waals surface area contributed by atoms with Gasteiger partial charge in [-0.2, -0.15) is 0 Å². The van der Waals surface area contributed by atoms with Crippen LogP contribution in [0.4, 0.5) is 0 Å². The molecule has 0 radical (unpaired) electrons. The van der Waals surface area contributed by atoms with Gasteiger partial charge in [-0.25, -0.2) is 0 Å². The van der Waals surface area contributed by atoms with Crippen LogP contribution in [-0.2, 0) is 0 Å². The summed E-state index contributed by atoms with van der Waals surface area (Å²) < 4.78 is 13.4. The van der Waals surface area contributed by atoms with Crippen molar-refractivity contribution >= 4 is 38.5 Å². The average molecular weight is 419 g/mol. The molecular formula is C14H12BrIO2. The molecule has 0 spiro atoms. The fourth-order valence-corrected chi connectivity index (χ4v) is 2.33. The molecule has 94 valence electrons. The van der Waals surface area contributed by atoms with Crippen molar-refractivity contribution in [3.63, 3.8) is 0 Å². The van der Waals surface area contributed by atoms with Crippen LogP contribution in [0.2, 0.25) is 0 Å². The zero-order valence-corrected chi connectivity index (χ0v) is 13.3. The molecule has 0 aromatic heterocycles. The summed E-state index contributed by atoms with van der Waals surface area (Å²) in [6.45, 7) is 1.06. The molecule has 0 N–H and O–H groups in total. The summed E-state index contributed by atoms with van der Waals surface area (Å²) >= 11 is 5.67. The van der Waals surface area contributed by atoms with Crippen LogP contribution in [-0.4, -0.2) is 13.2 Å². The molecular weight excluding hydrogens is 407 g/mol. The summed E-state index contributed by atoms with van der Waals surface area (Å²) in [5.74, 6) is 1.72. The molecule has 2 aromatic carbocycles. The number of hydrogen-bond donors (Lipinski definition) is 0. The van der Waals surface area contributed by atoms with Crippen LogP contribution in [0, 0.1) is 3.57 Å². The molecule has 2 nitrogen and oxygen atoms in total. The Morgan fingerprint density at radius 3 is 2.11 bits per heavy atom. The van der Waals surface area contributed by atoms with E-state index in [9.17, 15) is 0 Å². The quantitative estimate of drug-likeness (QED) is 0.525. The summed E-state index contributed by atoms with van der Waals surface area (Å²) in [7, 11) is 0. The van der Waals surface area contributed by atoms with Crippen LogP contribution in [0.1, 0.15) is 0 Å². The second-order valence-electron chi connectivity index (χ2n) is 3.61. The van der Waals surface area contributed by atoms with E-state index in [1.54, 1.807) is 0 Å². The van der Waals surface area contributed by atoms with E-state index in [-0.39, 0.29) is 0 Å². The number of hydrogen-bond acceptors (Lipinski definition) is 2. The number of rotatable bonds is 5. The molecule has 0 saturated carbocycles. The fraction of sp³-hybridized carbons (Fsp3) is 0.143. The van der Waals surface area contributed by atoms with Gasteiger partial charge in [0.25, 0.3) is 0 Å². The van der Waals surface area contributed by atoms with E-state index in [1.807, 2.05) is 48.5 Å². The molecule has 0 aliphatic carbocycles. The predicted molar refractivity (Wildman–Crippen MR) is 84.3 cm³/mol. The number of ether oxygens (including phenoxy) is 2. The van der Waals surface area contributed by atoms with Gasteiger partial charge < -0.3 is 9.47 Å². The Morgan fingerprint density at radius 1 is 0.889 bits per heavy atom. The minimum Gasteiger partial charge on any atom is -0.490 e. The molecule has 0 aliphatic heterocycles. The molecule has 0 bridgehead atoms. The normalized spacial score (nSPS) is 10.1. The molecule has 0 unspecified atom stereocenters. The smallest absolute Gasteiger partial charge is 0.122 e. The standard InChI is InChI=1S/C14H12BrIO2/c15-11-3-1-5-13(9-11)17-7-8-18-14-6-2-4-12(16)10-14/h1-6,9-10H,7-8H2. The zero-order chi connectivity index (χ0) is 12.8. The summed E-state index contributed by atoms with van der Waals surface area (Å²) in [6, 6.07) is 15.7. The van der Waals surface area contributed by atoms with Crippen LogP contribution < -0.4 is 9.47 Å². The minimum absolute atomic E-state index is 0.530. The Morgan fingerprint density at radius 2 is 1.50 bits per heavy atom. The van der Waals surface area contributed by atoms with Crippen molar-refractivity contribution in [3.8, 4) is 11.5 Å². The SMILES string of the molecule is Brc1cccc(OCCOc2cccc(I)c2)c1. The van der Waals surface area contributed by atoms with Gasteiger partial charge >= 0.3 is 0 Å². The van der Waals surface area contributed by atoms with Gasteiger partial charge in [-0.3, -0.25) is 0 Å². The maximum absolute atomic E-state index is 5.60. The van der Waals surface area contributed by atoms with Gasteiger partial charge in [0.1, 0.15) is 24.7 Å². The lowest BCUT2D eigenvalue weighted by molar-refractivity contribution is 0.217. The second-order valence-corrected chi connectivity index (χ2v) is 5.77. The molecule has 0 fully saturated rings. The average Bonchev–Trinajstić information content (AvgIpc) is 2.35. The molecule has 18 heavy (non-hydrogen) atoms. The van der Waals surface area contributed by atoms with Crippen molar-refractivity contribution in [1.29, 1.82) is 0 Å².